The number of hydrogen-bond donors (Lipinski definition) is 2. The third kappa shape index (κ3) is 5.97. The van der Waals surface area contributed by atoms with Crippen LogP contribution in [0.2, 0.25) is 0 Å². The first-order valence-electron chi connectivity index (χ1n) is 12.9. The van der Waals surface area contributed by atoms with Gasteiger partial charge in [0.25, 0.3) is 5.91 Å². The summed E-state index contributed by atoms with van der Waals surface area (Å²) in [7, 11) is 0. The van der Waals surface area contributed by atoms with Gasteiger partial charge in [-0.05, 0) is 56.9 Å². The van der Waals surface area contributed by atoms with Gasteiger partial charge in [0.1, 0.15) is 17.0 Å². The van der Waals surface area contributed by atoms with E-state index in [4.69, 9.17) is 19.9 Å². The van der Waals surface area contributed by atoms with Crippen LogP contribution in [0.5, 0.6) is 11.5 Å². The van der Waals surface area contributed by atoms with E-state index in [1.165, 1.54) is 15.8 Å². The fourth-order valence-electron chi connectivity index (χ4n) is 5.06. The van der Waals surface area contributed by atoms with Gasteiger partial charge in [0.05, 0.1) is 24.2 Å². The molecule has 3 N–H and O–H groups in total. The zero-order valence-electron chi connectivity index (χ0n) is 21.7. The van der Waals surface area contributed by atoms with Crippen LogP contribution in [0.25, 0.3) is 10.2 Å². The number of nitrogens with zero attached hydrogens (tertiary/aromatic N) is 3. The number of thiophene rings is 1. The number of benzene rings is 1. The van der Waals surface area contributed by atoms with Crippen molar-refractivity contribution >= 4 is 33.3 Å². The summed E-state index contributed by atoms with van der Waals surface area (Å²) in [6.07, 6.45) is 4.61. The molecule has 0 aliphatic carbocycles. The molecule has 0 atom stereocenters. The lowest BCUT2D eigenvalue weighted by molar-refractivity contribution is -0.119. The van der Waals surface area contributed by atoms with Crippen LogP contribution < -0.4 is 20.5 Å². The van der Waals surface area contributed by atoms with Crippen molar-refractivity contribution in [3.05, 3.63) is 40.5 Å². The number of primary amides is 1. The van der Waals surface area contributed by atoms with Gasteiger partial charge in [-0.25, -0.2) is 9.97 Å². The Morgan fingerprint density at radius 3 is 2.81 bits per heavy atom. The van der Waals surface area contributed by atoms with E-state index in [1.807, 2.05) is 25.1 Å². The van der Waals surface area contributed by atoms with E-state index >= 15 is 0 Å². The topological polar surface area (TPSA) is 112 Å². The molecule has 2 aliphatic heterocycles. The van der Waals surface area contributed by atoms with E-state index in [2.05, 4.69) is 34.0 Å². The molecular formula is C27H35N5O4S. The van der Waals surface area contributed by atoms with E-state index in [0.717, 1.165) is 55.1 Å². The normalized spacial score (nSPS) is 17.9. The molecule has 9 nitrogen and oxygen atoms in total. The third-order valence-electron chi connectivity index (χ3n) is 6.88. The number of anilines is 1. The molecule has 0 bridgehead atoms. The molecule has 0 unspecified atom stereocenters. The molecule has 10 heteroatoms. The smallest absolute Gasteiger partial charge is 0.255 e. The van der Waals surface area contributed by atoms with Crippen molar-refractivity contribution in [2.45, 2.75) is 64.8 Å². The maximum Gasteiger partial charge on any atom is 0.255 e. The van der Waals surface area contributed by atoms with E-state index < -0.39 is 5.91 Å². The Balaban J connectivity index is 1.22. The molecule has 4 heterocycles. The minimum absolute atomic E-state index is 0.168. The summed E-state index contributed by atoms with van der Waals surface area (Å²) in [5.41, 5.74) is 7.52. The first-order valence-corrected chi connectivity index (χ1v) is 13.7. The first kappa shape index (κ1) is 25.7. The van der Waals surface area contributed by atoms with Crippen LogP contribution in [0.4, 0.5) is 5.82 Å². The molecule has 1 aromatic carbocycles. The Labute approximate surface area is 221 Å². The maximum atomic E-state index is 11.1. The molecule has 2 aliphatic rings. The average molecular weight is 526 g/mol. The maximum absolute atomic E-state index is 11.1. The van der Waals surface area contributed by atoms with Gasteiger partial charge in [-0.3, -0.25) is 9.69 Å². The predicted octanol–water partition coefficient (Wildman–Crippen LogP) is 3.88. The summed E-state index contributed by atoms with van der Waals surface area (Å²) in [6, 6.07) is 6.23. The summed E-state index contributed by atoms with van der Waals surface area (Å²) >= 11 is 1.72. The monoisotopic (exact) mass is 525 g/mol. The molecule has 0 saturated carbocycles. The molecule has 5 rings (SSSR count). The molecule has 37 heavy (non-hydrogen) atoms. The second kappa shape index (κ2) is 10.8. The summed E-state index contributed by atoms with van der Waals surface area (Å²) in [5.74, 6) is 1.61. The lowest BCUT2D eigenvalue weighted by atomic mass is 9.94. The van der Waals surface area contributed by atoms with Crippen molar-refractivity contribution in [2.24, 2.45) is 5.73 Å². The molecule has 0 spiro atoms. The molecule has 0 radical (unpaired) electrons. The Morgan fingerprint density at radius 2 is 2.05 bits per heavy atom. The fourth-order valence-corrected chi connectivity index (χ4v) is 6.13. The van der Waals surface area contributed by atoms with Crippen molar-refractivity contribution in [3.8, 4) is 11.5 Å². The van der Waals surface area contributed by atoms with E-state index in [1.54, 1.807) is 17.7 Å². The van der Waals surface area contributed by atoms with Gasteiger partial charge in [0.2, 0.25) is 0 Å². The molecule has 1 amide bonds. The van der Waals surface area contributed by atoms with E-state index in [-0.39, 0.29) is 12.2 Å². The summed E-state index contributed by atoms with van der Waals surface area (Å²) in [4.78, 5) is 25.1. The lowest BCUT2D eigenvalue weighted by Gasteiger charge is -2.33. The fraction of sp³-hybridized carbons (Fsp3) is 0.519. The summed E-state index contributed by atoms with van der Waals surface area (Å²) < 4.78 is 17.3. The molecule has 1 saturated heterocycles. The SMILES string of the molecule is CCOc1cc(CN2CCC(Nc3ncnc4sc5c(c34)CC(C)(C)OC5)CC2)ccc1OCC(N)=O. The number of nitrogens with one attached hydrogen (secondary N) is 1. The Bertz CT molecular complexity index is 1270. The Morgan fingerprint density at radius 1 is 1.24 bits per heavy atom. The highest BCUT2D eigenvalue weighted by Gasteiger charge is 2.31. The molecular weight excluding hydrogens is 490 g/mol. The minimum Gasteiger partial charge on any atom is -0.490 e. The number of nitrogens with two attached hydrogens (primary N) is 1. The van der Waals surface area contributed by atoms with Crippen molar-refractivity contribution in [2.75, 3.05) is 31.6 Å². The number of piperidine rings is 1. The van der Waals surface area contributed by atoms with Gasteiger partial charge >= 0.3 is 0 Å². The molecule has 198 valence electrons. The van der Waals surface area contributed by atoms with E-state index in [9.17, 15) is 4.79 Å². The van der Waals surface area contributed by atoms with Crippen LogP contribution in [-0.2, 0) is 29.1 Å². The number of likely N-dealkylation sites (tertiary alicyclic amines) is 1. The number of hydrogen-bond acceptors (Lipinski definition) is 9. The van der Waals surface area contributed by atoms with Gasteiger partial charge in [-0.2, -0.15) is 0 Å². The van der Waals surface area contributed by atoms with Crippen LogP contribution in [0.15, 0.2) is 24.5 Å². The summed E-state index contributed by atoms with van der Waals surface area (Å²) in [6.45, 7) is 10.00. The number of aromatic nitrogens is 2. The minimum atomic E-state index is -0.512. The average Bonchev–Trinajstić information content (AvgIpc) is 3.22. The second-order valence-corrected chi connectivity index (χ2v) is 11.4. The first-order chi connectivity index (χ1) is 17.8. The van der Waals surface area contributed by atoms with Gasteiger partial charge in [-0.15, -0.1) is 11.3 Å². The number of rotatable bonds is 9. The second-order valence-electron chi connectivity index (χ2n) is 10.3. The number of fused-ring (bicyclic) bond motifs is 3. The quantitative estimate of drug-likeness (QED) is 0.433. The zero-order chi connectivity index (χ0) is 26.0. The predicted molar refractivity (Wildman–Crippen MR) is 144 cm³/mol. The largest absolute Gasteiger partial charge is 0.490 e. The van der Waals surface area contributed by atoms with Gasteiger partial charge < -0.3 is 25.3 Å². The number of carbonyl (C=O) groups excluding carboxylic acids is 1. The van der Waals surface area contributed by atoms with Crippen molar-refractivity contribution < 1.29 is 19.0 Å². The van der Waals surface area contributed by atoms with Crippen LogP contribution >= 0.6 is 11.3 Å². The van der Waals surface area contributed by atoms with Gasteiger partial charge in [0, 0.05) is 37.0 Å². The molecule has 1 fully saturated rings. The van der Waals surface area contributed by atoms with E-state index in [0.29, 0.717) is 30.8 Å². The number of carbonyl (C=O) groups is 1. The Kier molecular flexibility index (Phi) is 7.50. The van der Waals surface area contributed by atoms with Crippen molar-refractivity contribution in [1.29, 1.82) is 0 Å². The van der Waals surface area contributed by atoms with Crippen LogP contribution in [0, 0.1) is 0 Å². The van der Waals surface area contributed by atoms with Gasteiger partial charge in [-0.1, -0.05) is 6.07 Å². The summed E-state index contributed by atoms with van der Waals surface area (Å²) in [5, 5.41) is 4.91. The van der Waals surface area contributed by atoms with Crippen molar-refractivity contribution in [3.63, 3.8) is 0 Å². The van der Waals surface area contributed by atoms with Gasteiger partial charge in [0.15, 0.2) is 18.1 Å². The highest BCUT2D eigenvalue weighted by Crippen LogP contribution is 2.40. The van der Waals surface area contributed by atoms with Crippen LogP contribution in [0.1, 0.15) is 49.6 Å². The molecule has 3 aromatic rings. The highest BCUT2D eigenvalue weighted by atomic mass is 32.1. The third-order valence-corrected chi connectivity index (χ3v) is 7.99. The number of amides is 1. The zero-order valence-corrected chi connectivity index (χ0v) is 22.5. The molecule has 2 aromatic heterocycles. The van der Waals surface area contributed by atoms with Crippen LogP contribution in [-0.4, -0.2) is 58.7 Å². The highest BCUT2D eigenvalue weighted by molar-refractivity contribution is 7.18. The lowest BCUT2D eigenvalue weighted by Crippen LogP contribution is -2.38. The van der Waals surface area contributed by atoms with Crippen LogP contribution in [0.3, 0.4) is 0 Å². The number of ether oxygens (including phenoxy) is 3. The van der Waals surface area contributed by atoms with Crippen molar-refractivity contribution in [1.82, 2.24) is 14.9 Å². The standard InChI is InChI=1S/C27H35N5O4S/c1-4-34-21-11-17(5-6-20(21)35-15-23(28)33)13-32-9-7-18(8-10-32)31-25-24-19-12-27(2,3)36-14-22(19)37-26(24)30-16-29-25/h5-6,11,16,18H,4,7-10,12-15H2,1-3H3,(H2,28,33)(H,29,30,31). The Hall–Kier alpha value is -2.95.